The molecule has 1 N–H and O–H groups in total. The normalized spacial score (nSPS) is 10.7. The number of anilines is 1. The minimum atomic E-state index is -0.0942. The van der Waals surface area contributed by atoms with E-state index in [1.54, 1.807) is 31.4 Å². The van der Waals surface area contributed by atoms with Crippen molar-refractivity contribution in [3.05, 3.63) is 59.7 Å². The van der Waals surface area contributed by atoms with Crippen molar-refractivity contribution in [1.82, 2.24) is 4.98 Å². The maximum Gasteiger partial charge on any atom is 0.225 e. The van der Waals surface area contributed by atoms with Gasteiger partial charge in [0.15, 0.2) is 5.78 Å². The lowest BCUT2D eigenvalue weighted by Gasteiger charge is -2.10. The summed E-state index contributed by atoms with van der Waals surface area (Å²) in [6.45, 7) is 3.55. The third kappa shape index (κ3) is 4.70. The van der Waals surface area contributed by atoms with E-state index < -0.39 is 0 Å². The molecule has 0 aliphatic carbocycles. The fourth-order valence-electron chi connectivity index (χ4n) is 2.89. The zero-order valence-corrected chi connectivity index (χ0v) is 16.9. The number of aromatic nitrogens is 1. The Morgan fingerprint density at radius 1 is 1.14 bits per heavy atom. The van der Waals surface area contributed by atoms with E-state index in [4.69, 9.17) is 4.74 Å². The van der Waals surface area contributed by atoms with Crippen molar-refractivity contribution in [2.24, 2.45) is 0 Å². The molecule has 0 saturated carbocycles. The molecular formula is C22H22N2O3S. The molecule has 0 spiro atoms. The summed E-state index contributed by atoms with van der Waals surface area (Å²) in [4.78, 5) is 28.3. The highest BCUT2D eigenvalue weighted by Gasteiger charge is 2.09. The van der Waals surface area contributed by atoms with Crippen LogP contribution in [0, 0.1) is 6.92 Å². The maximum absolute atomic E-state index is 12.2. The first-order valence-corrected chi connectivity index (χ1v) is 9.94. The van der Waals surface area contributed by atoms with Crippen LogP contribution in [0.4, 0.5) is 5.69 Å². The van der Waals surface area contributed by atoms with Gasteiger partial charge in [-0.3, -0.25) is 9.59 Å². The Morgan fingerprint density at radius 3 is 2.68 bits per heavy atom. The van der Waals surface area contributed by atoms with Crippen molar-refractivity contribution in [3.8, 4) is 5.75 Å². The van der Waals surface area contributed by atoms with Gasteiger partial charge in [0, 0.05) is 28.8 Å². The minimum Gasteiger partial charge on any atom is -0.494 e. The number of carbonyl (C=O) groups is 2. The van der Waals surface area contributed by atoms with Gasteiger partial charge in [-0.25, -0.2) is 4.98 Å². The highest BCUT2D eigenvalue weighted by molar-refractivity contribution is 7.99. The lowest BCUT2D eigenvalue weighted by atomic mass is 10.1. The van der Waals surface area contributed by atoms with Gasteiger partial charge in [0.05, 0.1) is 12.1 Å². The smallest absolute Gasteiger partial charge is 0.225 e. The summed E-state index contributed by atoms with van der Waals surface area (Å²) in [6.07, 6.45) is 0.347. The van der Waals surface area contributed by atoms with Gasteiger partial charge in [0.1, 0.15) is 11.3 Å². The van der Waals surface area contributed by atoms with E-state index in [0.29, 0.717) is 23.4 Å². The number of hydrogen-bond acceptors (Lipinski definition) is 5. The first-order valence-electron chi connectivity index (χ1n) is 8.96. The Morgan fingerprint density at radius 2 is 1.93 bits per heavy atom. The van der Waals surface area contributed by atoms with E-state index in [9.17, 15) is 9.59 Å². The van der Waals surface area contributed by atoms with Gasteiger partial charge in [-0.1, -0.05) is 24.3 Å². The SMILES string of the molecule is COc1cccc2c(C)cc(SCCC(=O)Nc3cccc(C(C)=O)c3)nc12. The second-order valence-electron chi connectivity index (χ2n) is 6.42. The number of thioether (sulfide) groups is 1. The molecule has 6 heteroatoms. The number of methoxy groups -OCH3 is 1. The number of hydrogen-bond donors (Lipinski definition) is 1. The third-order valence-corrected chi connectivity index (χ3v) is 5.25. The zero-order valence-electron chi connectivity index (χ0n) is 16.1. The molecule has 0 unspecified atom stereocenters. The molecule has 1 amide bonds. The number of Topliss-reactive ketones (excluding diaryl/α,β-unsaturated/α-hetero) is 1. The Labute approximate surface area is 168 Å². The summed E-state index contributed by atoms with van der Waals surface area (Å²) in [6, 6.07) is 14.9. The van der Waals surface area contributed by atoms with Gasteiger partial charge in [-0.05, 0) is 43.7 Å². The van der Waals surface area contributed by atoms with Crippen LogP contribution in [0.2, 0.25) is 0 Å². The summed E-state index contributed by atoms with van der Waals surface area (Å²) < 4.78 is 5.41. The van der Waals surface area contributed by atoms with Crippen LogP contribution in [0.15, 0.2) is 53.6 Å². The Hall–Kier alpha value is -2.86. The molecule has 28 heavy (non-hydrogen) atoms. The van der Waals surface area contributed by atoms with E-state index in [1.807, 2.05) is 31.2 Å². The average molecular weight is 394 g/mol. The first kappa shape index (κ1) is 19.9. The third-order valence-electron chi connectivity index (χ3n) is 4.34. The molecule has 1 aromatic heterocycles. The summed E-state index contributed by atoms with van der Waals surface area (Å²) in [5, 5.41) is 4.76. The Kier molecular flexibility index (Phi) is 6.31. The summed E-state index contributed by atoms with van der Waals surface area (Å²) in [5.41, 5.74) is 3.17. The van der Waals surface area contributed by atoms with Crippen molar-refractivity contribution < 1.29 is 14.3 Å². The largest absolute Gasteiger partial charge is 0.494 e. The fraction of sp³-hybridized carbons (Fsp3) is 0.227. The second-order valence-corrected chi connectivity index (χ2v) is 7.53. The number of pyridine rings is 1. The number of rotatable bonds is 7. The molecule has 0 atom stereocenters. The second kappa shape index (κ2) is 8.89. The quantitative estimate of drug-likeness (QED) is 0.457. The number of nitrogens with zero attached hydrogens (tertiary/aromatic N) is 1. The van der Waals surface area contributed by atoms with Crippen LogP contribution in [0.3, 0.4) is 0 Å². The van der Waals surface area contributed by atoms with Gasteiger partial charge in [0.2, 0.25) is 5.91 Å². The predicted molar refractivity (Wildman–Crippen MR) is 113 cm³/mol. The number of carbonyl (C=O) groups excluding carboxylic acids is 2. The summed E-state index contributed by atoms with van der Waals surface area (Å²) in [5.74, 6) is 1.22. The van der Waals surface area contributed by atoms with Gasteiger partial charge in [0.25, 0.3) is 0 Å². The molecule has 0 aliphatic rings. The van der Waals surface area contributed by atoms with E-state index in [2.05, 4.69) is 10.3 Å². The van der Waals surface area contributed by atoms with Crippen molar-refractivity contribution >= 4 is 40.0 Å². The molecule has 0 aliphatic heterocycles. The highest BCUT2D eigenvalue weighted by atomic mass is 32.2. The summed E-state index contributed by atoms with van der Waals surface area (Å²) in [7, 11) is 1.64. The Bertz CT molecular complexity index is 1030. The van der Waals surface area contributed by atoms with Crippen molar-refractivity contribution in [1.29, 1.82) is 0 Å². The molecule has 0 bridgehead atoms. The van der Waals surface area contributed by atoms with Crippen LogP contribution < -0.4 is 10.1 Å². The molecule has 3 rings (SSSR count). The van der Waals surface area contributed by atoms with Crippen LogP contribution >= 0.6 is 11.8 Å². The lowest BCUT2D eigenvalue weighted by molar-refractivity contribution is -0.115. The van der Waals surface area contributed by atoms with Gasteiger partial charge >= 0.3 is 0 Å². The number of ether oxygens (including phenoxy) is 1. The lowest BCUT2D eigenvalue weighted by Crippen LogP contribution is -2.12. The van der Waals surface area contributed by atoms with E-state index in [0.717, 1.165) is 27.2 Å². The van der Waals surface area contributed by atoms with Crippen LogP contribution in [0.25, 0.3) is 10.9 Å². The molecule has 1 heterocycles. The molecule has 0 radical (unpaired) electrons. The van der Waals surface area contributed by atoms with Crippen LogP contribution in [-0.4, -0.2) is 29.5 Å². The number of aryl methyl sites for hydroxylation is 1. The first-order chi connectivity index (χ1) is 13.5. The van der Waals surface area contributed by atoms with Crippen molar-refractivity contribution in [2.75, 3.05) is 18.2 Å². The van der Waals surface area contributed by atoms with Crippen molar-refractivity contribution in [2.45, 2.75) is 25.3 Å². The molecule has 2 aromatic carbocycles. The Balaban J connectivity index is 1.62. The molecular weight excluding hydrogens is 372 g/mol. The monoisotopic (exact) mass is 394 g/mol. The van der Waals surface area contributed by atoms with E-state index in [-0.39, 0.29) is 11.7 Å². The number of amides is 1. The van der Waals surface area contributed by atoms with Crippen LogP contribution in [0.5, 0.6) is 5.75 Å². The van der Waals surface area contributed by atoms with Gasteiger partial charge < -0.3 is 10.1 Å². The van der Waals surface area contributed by atoms with Crippen LogP contribution in [-0.2, 0) is 4.79 Å². The minimum absolute atomic E-state index is 0.0279. The molecule has 0 fully saturated rings. The molecule has 3 aromatic rings. The summed E-state index contributed by atoms with van der Waals surface area (Å²) >= 11 is 1.53. The molecule has 144 valence electrons. The zero-order chi connectivity index (χ0) is 20.1. The number of nitrogens with one attached hydrogen (secondary N) is 1. The number of fused-ring (bicyclic) bond motifs is 1. The van der Waals surface area contributed by atoms with Crippen LogP contribution in [0.1, 0.15) is 29.3 Å². The fourth-order valence-corrected chi connectivity index (χ4v) is 3.80. The predicted octanol–water partition coefficient (Wildman–Crippen LogP) is 4.88. The molecule has 0 saturated heterocycles. The topological polar surface area (TPSA) is 68.3 Å². The number of ketones is 1. The van der Waals surface area contributed by atoms with E-state index in [1.165, 1.54) is 18.7 Å². The maximum atomic E-state index is 12.2. The van der Waals surface area contributed by atoms with Gasteiger partial charge in [-0.15, -0.1) is 11.8 Å². The number of para-hydroxylation sites is 1. The molecule has 5 nitrogen and oxygen atoms in total. The van der Waals surface area contributed by atoms with Gasteiger partial charge in [-0.2, -0.15) is 0 Å². The highest BCUT2D eigenvalue weighted by Crippen LogP contribution is 2.29. The number of benzene rings is 2. The van der Waals surface area contributed by atoms with E-state index >= 15 is 0 Å². The standard InChI is InChI=1S/C22H22N2O3S/c1-14-12-21(24-22-18(14)8-5-9-19(22)27-3)28-11-10-20(26)23-17-7-4-6-16(13-17)15(2)25/h4-9,12-13H,10-11H2,1-3H3,(H,23,26). The average Bonchev–Trinajstić information content (AvgIpc) is 2.68. The van der Waals surface area contributed by atoms with Crippen molar-refractivity contribution in [3.63, 3.8) is 0 Å².